The van der Waals surface area contributed by atoms with Gasteiger partial charge in [-0.3, -0.25) is 4.79 Å². The van der Waals surface area contributed by atoms with Gasteiger partial charge in [-0.1, -0.05) is 0 Å². The lowest BCUT2D eigenvalue weighted by Crippen LogP contribution is -2.48. The van der Waals surface area contributed by atoms with E-state index in [-0.39, 0.29) is 11.9 Å². The average molecular weight is 295 g/mol. The number of nitrogens with zero attached hydrogens (tertiary/aromatic N) is 1. The first-order valence-corrected chi connectivity index (χ1v) is 7.91. The Labute approximate surface area is 123 Å². The Kier molecular flexibility index (Phi) is 4.81. The summed E-state index contributed by atoms with van der Waals surface area (Å²) in [6.45, 7) is 6.73. The Hall–Kier alpha value is -1.36. The lowest BCUT2D eigenvalue weighted by molar-refractivity contribution is -0.149. The molecule has 0 aliphatic carbocycles. The predicted octanol–water partition coefficient (Wildman–Crippen LogP) is 2.92. The zero-order chi connectivity index (χ0) is 14.7. The molecule has 1 saturated heterocycles. The topological polar surface area (TPSA) is 46.6 Å². The van der Waals surface area contributed by atoms with E-state index in [0.717, 1.165) is 28.2 Å². The quantitative estimate of drug-likeness (QED) is 0.806. The predicted molar refractivity (Wildman–Crippen MR) is 79.1 cm³/mol. The lowest BCUT2D eigenvalue weighted by Gasteiger charge is -2.34. The molecule has 1 aromatic rings. The number of hydrogen-bond donors (Lipinski definition) is 0. The van der Waals surface area contributed by atoms with Crippen molar-refractivity contribution in [1.29, 1.82) is 0 Å². The van der Waals surface area contributed by atoms with E-state index in [1.165, 1.54) is 0 Å². The van der Waals surface area contributed by atoms with Crippen molar-refractivity contribution in [3.05, 3.63) is 21.4 Å². The van der Waals surface area contributed by atoms with Crippen LogP contribution in [0.1, 0.15) is 46.3 Å². The fraction of sp³-hybridized carbons (Fsp3) is 0.600. The molecule has 0 saturated carbocycles. The molecule has 110 valence electrons. The van der Waals surface area contributed by atoms with E-state index >= 15 is 0 Å². The van der Waals surface area contributed by atoms with Crippen molar-refractivity contribution in [3.63, 3.8) is 0 Å². The van der Waals surface area contributed by atoms with Crippen molar-refractivity contribution < 1.29 is 14.3 Å². The molecule has 0 N–H and O–H groups in total. The Morgan fingerprint density at radius 3 is 2.75 bits per heavy atom. The molecule has 1 aliphatic heterocycles. The van der Waals surface area contributed by atoms with Crippen LogP contribution in [0.2, 0.25) is 0 Å². The maximum Gasteiger partial charge on any atom is 0.328 e. The summed E-state index contributed by atoms with van der Waals surface area (Å²) >= 11 is 1.62. The summed E-state index contributed by atoms with van der Waals surface area (Å²) in [6, 6.07) is 1.50. The highest BCUT2D eigenvalue weighted by molar-refractivity contribution is 7.12. The molecule has 4 nitrogen and oxygen atoms in total. The summed E-state index contributed by atoms with van der Waals surface area (Å²) < 4.78 is 5.10. The smallest absolute Gasteiger partial charge is 0.328 e. The van der Waals surface area contributed by atoms with Crippen molar-refractivity contribution in [1.82, 2.24) is 4.90 Å². The van der Waals surface area contributed by atoms with Crippen molar-refractivity contribution >= 4 is 23.2 Å². The van der Waals surface area contributed by atoms with Crippen LogP contribution >= 0.6 is 11.3 Å². The highest BCUT2D eigenvalue weighted by Crippen LogP contribution is 2.26. The molecule has 20 heavy (non-hydrogen) atoms. The molecule has 5 heteroatoms. The van der Waals surface area contributed by atoms with Crippen LogP contribution in [0.15, 0.2) is 6.07 Å². The number of esters is 1. The first-order valence-electron chi connectivity index (χ1n) is 7.09. The molecule has 1 atom stereocenters. The summed E-state index contributed by atoms with van der Waals surface area (Å²) in [6.07, 6.45) is 2.62. The van der Waals surface area contributed by atoms with Gasteiger partial charge in [0, 0.05) is 16.3 Å². The van der Waals surface area contributed by atoms with Gasteiger partial charge in [0.15, 0.2) is 0 Å². The molecule has 1 aromatic heterocycles. The van der Waals surface area contributed by atoms with Crippen LogP contribution in [0.3, 0.4) is 0 Å². The van der Waals surface area contributed by atoms with Crippen LogP contribution in [-0.4, -0.2) is 36.0 Å². The van der Waals surface area contributed by atoms with Gasteiger partial charge in [-0.2, -0.15) is 0 Å². The second-order valence-electron chi connectivity index (χ2n) is 5.09. The Morgan fingerprint density at radius 1 is 1.40 bits per heavy atom. The lowest BCUT2D eigenvalue weighted by atomic mass is 10.0. The van der Waals surface area contributed by atoms with Crippen LogP contribution < -0.4 is 0 Å². The van der Waals surface area contributed by atoms with Crippen molar-refractivity contribution in [2.45, 2.75) is 46.1 Å². The van der Waals surface area contributed by atoms with Crippen LogP contribution in [0, 0.1) is 13.8 Å². The zero-order valence-corrected chi connectivity index (χ0v) is 13.1. The van der Waals surface area contributed by atoms with Gasteiger partial charge in [0.2, 0.25) is 0 Å². The van der Waals surface area contributed by atoms with Gasteiger partial charge in [-0.05, 0) is 46.1 Å². The van der Waals surface area contributed by atoms with Gasteiger partial charge in [-0.25, -0.2) is 4.79 Å². The Bertz CT molecular complexity index is 509. The third-order valence-corrected chi connectivity index (χ3v) is 4.56. The molecule has 1 fully saturated rings. The van der Waals surface area contributed by atoms with Gasteiger partial charge in [0.05, 0.1) is 12.2 Å². The number of amides is 1. The number of carbonyl (C=O) groups is 2. The van der Waals surface area contributed by atoms with E-state index in [1.54, 1.807) is 23.2 Å². The van der Waals surface area contributed by atoms with Crippen molar-refractivity contribution in [2.75, 3.05) is 13.2 Å². The standard InChI is InChI=1S/C15H21NO3S/c1-4-19-15(18)13-7-5-6-8-16(13)14(17)12-9-10(2)20-11(12)3/h9,13H,4-8H2,1-3H3. The number of rotatable bonds is 3. The molecular weight excluding hydrogens is 274 g/mol. The summed E-state index contributed by atoms with van der Waals surface area (Å²) in [5.74, 6) is -0.310. The largest absolute Gasteiger partial charge is 0.464 e. The van der Waals surface area contributed by atoms with E-state index in [1.807, 2.05) is 19.9 Å². The number of carbonyl (C=O) groups excluding carboxylic acids is 2. The highest BCUT2D eigenvalue weighted by Gasteiger charge is 2.34. The van der Waals surface area contributed by atoms with E-state index in [0.29, 0.717) is 19.6 Å². The zero-order valence-electron chi connectivity index (χ0n) is 12.3. The first kappa shape index (κ1) is 15.0. The van der Waals surface area contributed by atoms with Crippen molar-refractivity contribution in [2.24, 2.45) is 0 Å². The fourth-order valence-electron chi connectivity index (χ4n) is 2.66. The molecular formula is C15H21NO3S. The number of thiophene rings is 1. The summed E-state index contributed by atoms with van der Waals surface area (Å²) in [7, 11) is 0. The monoisotopic (exact) mass is 295 g/mol. The molecule has 0 aromatic carbocycles. The van der Waals surface area contributed by atoms with E-state index < -0.39 is 6.04 Å². The maximum atomic E-state index is 12.7. The van der Waals surface area contributed by atoms with Gasteiger partial charge in [-0.15, -0.1) is 11.3 Å². The van der Waals surface area contributed by atoms with Crippen LogP contribution in [0.4, 0.5) is 0 Å². The van der Waals surface area contributed by atoms with Crippen molar-refractivity contribution in [3.8, 4) is 0 Å². The van der Waals surface area contributed by atoms with Gasteiger partial charge < -0.3 is 9.64 Å². The molecule has 1 aliphatic rings. The van der Waals surface area contributed by atoms with E-state index in [9.17, 15) is 9.59 Å². The minimum atomic E-state index is -0.421. The van der Waals surface area contributed by atoms with E-state index in [4.69, 9.17) is 4.74 Å². The van der Waals surface area contributed by atoms with Crippen LogP contribution in [0.5, 0.6) is 0 Å². The molecule has 0 spiro atoms. The number of piperidine rings is 1. The minimum Gasteiger partial charge on any atom is -0.464 e. The number of ether oxygens (including phenoxy) is 1. The minimum absolute atomic E-state index is 0.0374. The van der Waals surface area contributed by atoms with Crippen LogP contribution in [0.25, 0.3) is 0 Å². The van der Waals surface area contributed by atoms with Gasteiger partial charge >= 0.3 is 5.97 Å². The number of likely N-dealkylation sites (tertiary alicyclic amines) is 1. The molecule has 2 heterocycles. The summed E-state index contributed by atoms with van der Waals surface area (Å²) in [4.78, 5) is 28.5. The molecule has 2 rings (SSSR count). The highest BCUT2D eigenvalue weighted by atomic mass is 32.1. The second kappa shape index (κ2) is 6.39. The fourth-order valence-corrected chi connectivity index (χ4v) is 3.57. The Balaban J connectivity index is 2.21. The number of hydrogen-bond acceptors (Lipinski definition) is 4. The Morgan fingerprint density at radius 2 is 2.15 bits per heavy atom. The molecule has 1 amide bonds. The molecule has 1 unspecified atom stereocenters. The van der Waals surface area contributed by atoms with E-state index in [2.05, 4.69) is 0 Å². The summed E-state index contributed by atoms with van der Waals surface area (Å²) in [5, 5.41) is 0. The molecule has 0 radical (unpaired) electrons. The molecule has 0 bridgehead atoms. The number of aryl methyl sites for hydroxylation is 2. The van der Waals surface area contributed by atoms with Crippen LogP contribution in [-0.2, 0) is 9.53 Å². The third-order valence-electron chi connectivity index (χ3n) is 3.59. The van der Waals surface area contributed by atoms with Gasteiger partial charge in [0.25, 0.3) is 5.91 Å². The SMILES string of the molecule is CCOC(=O)C1CCCCN1C(=O)c1cc(C)sc1C. The summed E-state index contributed by atoms with van der Waals surface area (Å²) in [5.41, 5.74) is 0.726. The average Bonchev–Trinajstić information content (AvgIpc) is 2.77. The normalized spacial score (nSPS) is 18.9. The van der Waals surface area contributed by atoms with Gasteiger partial charge in [0.1, 0.15) is 6.04 Å². The second-order valence-corrected chi connectivity index (χ2v) is 6.55. The first-order chi connectivity index (χ1) is 9.54. The third kappa shape index (κ3) is 3.03. The maximum absolute atomic E-state index is 12.7.